The molecule has 156 valence electrons. The Morgan fingerprint density at radius 3 is 2.66 bits per heavy atom. The molecule has 0 radical (unpaired) electrons. The molecule has 0 bridgehead atoms. The lowest BCUT2D eigenvalue weighted by atomic mass is 9.93. The molecule has 2 atom stereocenters. The second kappa shape index (κ2) is 8.50. The van der Waals surface area contributed by atoms with Crippen molar-refractivity contribution in [3.63, 3.8) is 0 Å². The molecule has 1 amide bonds. The third kappa shape index (κ3) is 4.43. The van der Waals surface area contributed by atoms with E-state index >= 15 is 0 Å². The maximum atomic E-state index is 13.1. The van der Waals surface area contributed by atoms with Crippen LogP contribution in [0, 0.1) is 6.92 Å². The zero-order valence-corrected chi connectivity index (χ0v) is 16.8. The van der Waals surface area contributed by atoms with Gasteiger partial charge < -0.3 is 15.2 Å². The number of rotatable bonds is 6. The SMILES string of the molecule is Cc1cccc(COc2ccc(S(=O)(=O)C3CCNCC3(O)C(=O)NO)cc2)c1. The quantitative estimate of drug-likeness (QED) is 0.405. The van der Waals surface area contributed by atoms with Crippen molar-refractivity contribution in [1.29, 1.82) is 0 Å². The van der Waals surface area contributed by atoms with Gasteiger partial charge in [-0.15, -0.1) is 0 Å². The van der Waals surface area contributed by atoms with Gasteiger partial charge >= 0.3 is 0 Å². The van der Waals surface area contributed by atoms with Gasteiger partial charge in [-0.25, -0.2) is 13.9 Å². The summed E-state index contributed by atoms with van der Waals surface area (Å²) in [5, 5.41) is 21.0. The molecule has 8 nitrogen and oxygen atoms in total. The summed E-state index contributed by atoms with van der Waals surface area (Å²) in [6.45, 7) is 2.38. The summed E-state index contributed by atoms with van der Waals surface area (Å²) < 4.78 is 31.8. The lowest BCUT2D eigenvalue weighted by Crippen LogP contribution is -2.65. The van der Waals surface area contributed by atoms with Gasteiger partial charge in [0.2, 0.25) is 0 Å². The molecule has 0 aliphatic carbocycles. The molecule has 4 N–H and O–H groups in total. The number of nitrogens with one attached hydrogen (secondary N) is 2. The monoisotopic (exact) mass is 420 g/mol. The first kappa shape index (κ1) is 21.3. The highest BCUT2D eigenvalue weighted by Gasteiger charge is 2.52. The molecule has 1 aliphatic heterocycles. The van der Waals surface area contributed by atoms with Gasteiger partial charge in [0, 0.05) is 6.54 Å². The Balaban J connectivity index is 1.77. The number of carbonyl (C=O) groups is 1. The summed E-state index contributed by atoms with van der Waals surface area (Å²) in [5.74, 6) is -0.657. The van der Waals surface area contributed by atoms with Crippen molar-refractivity contribution < 1.29 is 28.3 Å². The molecule has 1 aliphatic rings. The molecule has 2 unspecified atom stereocenters. The predicted octanol–water partition coefficient (Wildman–Crippen LogP) is 0.946. The second-order valence-electron chi connectivity index (χ2n) is 7.11. The number of hydrogen-bond acceptors (Lipinski definition) is 7. The molecule has 9 heteroatoms. The lowest BCUT2D eigenvalue weighted by molar-refractivity contribution is -0.149. The van der Waals surface area contributed by atoms with Crippen molar-refractivity contribution in [1.82, 2.24) is 10.8 Å². The van der Waals surface area contributed by atoms with Crippen molar-refractivity contribution in [2.24, 2.45) is 0 Å². The first-order valence-corrected chi connectivity index (χ1v) is 10.7. The van der Waals surface area contributed by atoms with E-state index in [9.17, 15) is 18.3 Å². The third-order valence-corrected chi connectivity index (χ3v) is 7.32. The van der Waals surface area contributed by atoms with Gasteiger partial charge in [0.05, 0.1) is 4.90 Å². The molecular weight excluding hydrogens is 396 g/mol. The predicted molar refractivity (Wildman–Crippen MR) is 105 cm³/mol. The van der Waals surface area contributed by atoms with Crippen LogP contribution in [0.2, 0.25) is 0 Å². The summed E-state index contributed by atoms with van der Waals surface area (Å²) in [4.78, 5) is 11.9. The molecule has 0 saturated carbocycles. The second-order valence-corrected chi connectivity index (χ2v) is 9.24. The molecule has 1 fully saturated rings. The van der Waals surface area contributed by atoms with Crippen molar-refractivity contribution in [2.45, 2.75) is 35.7 Å². The number of sulfone groups is 1. The van der Waals surface area contributed by atoms with Gasteiger partial charge in [-0.3, -0.25) is 10.0 Å². The third-order valence-electron chi connectivity index (χ3n) is 5.02. The zero-order valence-electron chi connectivity index (χ0n) is 16.0. The van der Waals surface area contributed by atoms with Crippen molar-refractivity contribution in [3.05, 3.63) is 59.7 Å². The fourth-order valence-electron chi connectivity index (χ4n) is 3.46. The first-order valence-electron chi connectivity index (χ1n) is 9.17. The number of aliphatic hydroxyl groups is 1. The van der Waals surface area contributed by atoms with Gasteiger partial charge in [0.15, 0.2) is 15.4 Å². The van der Waals surface area contributed by atoms with Crippen molar-refractivity contribution >= 4 is 15.7 Å². The van der Waals surface area contributed by atoms with Crippen LogP contribution in [-0.2, 0) is 21.2 Å². The number of ether oxygens (including phenoxy) is 1. The number of β-amino-alcohol motifs (C(OH)–C–C–N with tert-alkyl or cyclic N) is 1. The average Bonchev–Trinajstić information content (AvgIpc) is 2.72. The molecule has 0 spiro atoms. The molecule has 2 aromatic carbocycles. The van der Waals surface area contributed by atoms with E-state index in [-0.39, 0.29) is 17.9 Å². The van der Waals surface area contributed by atoms with Gasteiger partial charge in [-0.2, -0.15) is 0 Å². The molecule has 29 heavy (non-hydrogen) atoms. The van der Waals surface area contributed by atoms with E-state index in [4.69, 9.17) is 9.94 Å². The zero-order chi connectivity index (χ0) is 21.1. The molecular formula is C20H24N2O6S. The van der Waals surface area contributed by atoms with Gasteiger partial charge in [-0.05, 0) is 49.7 Å². The van der Waals surface area contributed by atoms with Crippen LogP contribution < -0.4 is 15.5 Å². The minimum atomic E-state index is -4.03. The van der Waals surface area contributed by atoms with Crippen LogP contribution in [0.1, 0.15) is 17.5 Å². The molecule has 2 aromatic rings. The van der Waals surface area contributed by atoms with Crippen LogP contribution in [0.4, 0.5) is 0 Å². The van der Waals surface area contributed by atoms with E-state index in [1.54, 1.807) is 0 Å². The summed E-state index contributed by atoms with van der Waals surface area (Å²) in [6.07, 6.45) is 0.0257. The van der Waals surface area contributed by atoms with E-state index in [0.717, 1.165) is 11.1 Å². The van der Waals surface area contributed by atoms with Crippen LogP contribution in [-0.4, -0.2) is 48.6 Å². The number of aryl methyl sites for hydroxylation is 1. The van der Waals surface area contributed by atoms with Crippen LogP contribution in [0.5, 0.6) is 5.75 Å². The summed E-state index contributed by atoms with van der Waals surface area (Å²) in [6, 6.07) is 13.7. The molecule has 1 saturated heterocycles. The lowest BCUT2D eigenvalue weighted by Gasteiger charge is -2.37. The minimum absolute atomic E-state index is 0.0257. The van der Waals surface area contributed by atoms with E-state index < -0.39 is 26.6 Å². The normalized spacial score (nSPS) is 22.1. The minimum Gasteiger partial charge on any atom is -0.489 e. The fraction of sp³-hybridized carbons (Fsp3) is 0.350. The number of carbonyl (C=O) groups excluding carboxylic acids is 1. The van der Waals surface area contributed by atoms with Crippen molar-refractivity contribution in [3.8, 4) is 5.75 Å². The number of benzene rings is 2. The van der Waals surface area contributed by atoms with E-state index in [0.29, 0.717) is 18.9 Å². The van der Waals surface area contributed by atoms with Crippen LogP contribution >= 0.6 is 0 Å². The van der Waals surface area contributed by atoms with Gasteiger partial charge in [-0.1, -0.05) is 29.8 Å². The molecule has 1 heterocycles. The van der Waals surface area contributed by atoms with E-state index in [2.05, 4.69) is 5.32 Å². The Hall–Kier alpha value is -2.46. The molecule has 0 aromatic heterocycles. The summed E-state index contributed by atoms with van der Waals surface area (Å²) >= 11 is 0. The number of hydroxylamine groups is 1. The maximum Gasteiger partial charge on any atom is 0.277 e. The first-order chi connectivity index (χ1) is 13.8. The molecule has 3 rings (SSSR count). The van der Waals surface area contributed by atoms with Crippen LogP contribution in [0.3, 0.4) is 0 Å². The fourth-order valence-corrected chi connectivity index (χ4v) is 5.43. The number of hydrogen-bond donors (Lipinski definition) is 4. The van der Waals surface area contributed by atoms with Crippen LogP contribution in [0.25, 0.3) is 0 Å². The highest BCUT2D eigenvalue weighted by atomic mass is 32.2. The average molecular weight is 420 g/mol. The topological polar surface area (TPSA) is 125 Å². The standard InChI is InChI=1S/C20H24N2O6S/c1-14-3-2-4-15(11-14)12-28-16-5-7-17(8-6-16)29(26,27)18-9-10-21-13-20(18,24)19(23)22-25/h2-8,11,18,21,24-25H,9-10,12-13H2,1H3,(H,22,23). The summed E-state index contributed by atoms with van der Waals surface area (Å²) in [7, 11) is -4.03. The smallest absolute Gasteiger partial charge is 0.277 e. The Labute approximate surface area is 169 Å². The van der Waals surface area contributed by atoms with Gasteiger partial charge in [0.25, 0.3) is 5.91 Å². The number of piperidine rings is 1. The summed E-state index contributed by atoms with van der Waals surface area (Å²) in [5.41, 5.74) is 1.21. The Morgan fingerprint density at radius 2 is 2.00 bits per heavy atom. The van der Waals surface area contributed by atoms with Crippen LogP contribution in [0.15, 0.2) is 53.4 Å². The van der Waals surface area contributed by atoms with E-state index in [1.165, 1.54) is 29.7 Å². The van der Waals surface area contributed by atoms with Gasteiger partial charge in [0.1, 0.15) is 17.6 Å². The Kier molecular flexibility index (Phi) is 6.23. The highest BCUT2D eigenvalue weighted by Crippen LogP contribution is 2.30. The number of amides is 1. The van der Waals surface area contributed by atoms with Crippen molar-refractivity contribution in [2.75, 3.05) is 13.1 Å². The largest absolute Gasteiger partial charge is 0.489 e. The Morgan fingerprint density at radius 1 is 1.28 bits per heavy atom. The van der Waals surface area contributed by atoms with E-state index in [1.807, 2.05) is 31.2 Å². The highest BCUT2D eigenvalue weighted by molar-refractivity contribution is 7.92. The Bertz CT molecular complexity index is 977. The maximum absolute atomic E-state index is 13.1.